The molecular weight excluding hydrogens is 665 g/mol. The monoisotopic (exact) mass is 699 g/mol. The molecule has 0 radical (unpaired) electrons. The molecule has 0 unspecified atom stereocenters. The number of halogens is 3. The van der Waals surface area contributed by atoms with Crippen molar-refractivity contribution in [2.24, 2.45) is 0 Å². The fraction of sp³-hybridized carbons (Fsp3) is 0.257. The molecule has 46 heavy (non-hydrogen) atoms. The summed E-state index contributed by atoms with van der Waals surface area (Å²) in [5, 5.41) is 4.12. The van der Waals surface area contributed by atoms with E-state index < -0.39 is 28.5 Å². The predicted molar refractivity (Wildman–Crippen MR) is 186 cm³/mol. The van der Waals surface area contributed by atoms with Crippen molar-refractivity contribution in [2.75, 3.05) is 10.8 Å². The van der Waals surface area contributed by atoms with Gasteiger partial charge in [-0.25, -0.2) is 8.42 Å². The molecule has 2 amide bonds. The van der Waals surface area contributed by atoms with E-state index in [-0.39, 0.29) is 29.8 Å². The summed E-state index contributed by atoms with van der Waals surface area (Å²) in [6.07, 6.45) is 0.871. The van der Waals surface area contributed by atoms with E-state index in [2.05, 4.69) is 5.32 Å². The summed E-state index contributed by atoms with van der Waals surface area (Å²) in [6.45, 7) is 5.07. The maximum absolute atomic E-state index is 14.5. The molecule has 4 aromatic carbocycles. The van der Waals surface area contributed by atoms with Crippen LogP contribution in [0.2, 0.25) is 15.1 Å². The maximum atomic E-state index is 14.5. The van der Waals surface area contributed by atoms with Gasteiger partial charge in [-0.3, -0.25) is 13.9 Å². The van der Waals surface area contributed by atoms with Gasteiger partial charge in [-0.1, -0.05) is 95.8 Å². The molecule has 4 aromatic rings. The molecule has 0 bridgehead atoms. The molecule has 2 atom stereocenters. The van der Waals surface area contributed by atoms with Gasteiger partial charge in [0.05, 0.1) is 10.6 Å². The lowest BCUT2D eigenvalue weighted by Crippen LogP contribution is -2.54. The van der Waals surface area contributed by atoms with Crippen LogP contribution in [0.4, 0.5) is 5.69 Å². The van der Waals surface area contributed by atoms with Crippen LogP contribution < -0.4 is 9.62 Å². The van der Waals surface area contributed by atoms with Gasteiger partial charge in [-0.05, 0) is 79.9 Å². The Labute approximate surface area is 286 Å². The molecule has 11 heteroatoms. The van der Waals surface area contributed by atoms with E-state index in [4.69, 9.17) is 34.8 Å². The summed E-state index contributed by atoms with van der Waals surface area (Å²) < 4.78 is 29.3. The summed E-state index contributed by atoms with van der Waals surface area (Å²) >= 11 is 18.8. The number of benzene rings is 4. The van der Waals surface area contributed by atoms with E-state index in [1.54, 1.807) is 42.5 Å². The molecule has 0 aromatic heterocycles. The molecule has 0 saturated carbocycles. The largest absolute Gasteiger partial charge is 0.352 e. The van der Waals surface area contributed by atoms with E-state index in [9.17, 15) is 18.0 Å². The highest BCUT2D eigenvalue weighted by molar-refractivity contribution is 7.92. The molecule has 4 rings (SSSR count). The average Bonchev–Trinajstić information content (AvgIpc) is 3.03. The second-order valence-corrected chi connectivity index (χ2v) is 14.2. The zero-order valence-corrected chi connectivity index (χ0v) is 28.9. The Morgan fingerprint density at radius 2 is 1.48 bits per heavy atom. The molecular formula is C35H36Cl3N3O4S. The standard InChI is InChI=1S/C35H36Cl3N3O4S/c1-4-25(3)39-35(43)33(20-26-8-6-5-7-9-26)40(22-27-12-13-29(37)21-32(27)38)34(42)23-41(30-16-10-24(2)11-17-30)46(44,45)31-18-14-28(36)15-19-31/h5-19,21,25,33H,4,20,22-23H2,1-3H3,(H,39,43)/t25-,33+/m1/s1. The summed E-state index contributed by atoms with van der Waals surface area (Å²) in [6, 6.07) is 25.7. The normalized spacial score (nSPS) is 12.7. The van der Waals surface area contributed by atoms with Crippen molar-refractivity contribution >= 4 is 62.3 Å². The van der Waals surface area contributed by atoms with Crippen LogP contribution in [-0.2, 0) is 32.6 Å². The molecule has 0 aliphatic heterocycles. The van der Waals surface area contributed by atoms with Gasteiger partial charge in [0.25, 0.3) is 10.0 Å². The first-order chi connectivity index (χ1) is 21.9. The molecule has 0 aliphatic carbocycles. The van der Waals surface area contributed by atoms with Gasteiger partial charge in [-0.15, -0.1) is 0 Å². The Balaban J connectivity index is 1.82. The fourth-order valence-electron chi connectivity index (χ4n) is 4.80. The lowest BCUT2D eigenvalue weighted by atomic mass is 10.0. The summed E-state index contributed by atoms with van der Waals surface area (Å²) in [5.74, 6) is -0.955. The van der Waals surface area contributed by atoms with Gasteiger partial charge in [0.2, 0.25) is 11.8 Å². The number of nitrogens with zero attached hydrogens (tertiary/aromatic N) is 2. The number of nitrogens with one attached hydrogen (secondary N) is 1. The molecule has 0 saturated heterocycles. The average molecular weight is 701 g/mol. The third kappa shape index (κ3) is 9.04. The molecule has 7 nitrogen and oxygen atoms in total. The lowest BCUT2D eigenvalue weighted by Gasteiger charge is -2.34. The Kier molecular flexibility index (Phi) is 12.1. The molecule has 1 N–H and O–H groups in total. The molecule has 0 fully saturated rings. The third-order valence-corrected chi connectivity index (χ3v) is 10.3. The Bertz CT molecular complexity index is 1750. The van der Waals surface area contributed by atoms with E-state index in [0.29, 0.717) is 32.7 Å². The first-order valence-corrected chi connectivity index (χ1v) is 17.4. The van der Waals surface area contributed by atoms with Gasteiger partial charge in [0.15, 0.2) is 0 Å². The van der Waals surface area contributed by atoms with Crippen LogP contribution in [0, 0.1) is 6.92 Å². The minimum atomic E-state index is -4.24. The number of aryl methyl sites for hydroxylation is 1. The van der Waals surface area contributed by atoms with E-state index >= 15 is 0 Å². The van der Waals surface area contributed by atoms with Gasteiger partial charge >= 0.3 is 0 Å². The van der Waals surface area contributed by atoms with E-state index in [1.807, 2.05) is 51.1 Å². The smallest absolute Gasteiger partial charge is 0.264 e. The zero-order chi connectivity index (χ0) is 33.4. The predicted octanol–water partition coefficient (Wildman–Crippen LogP) is 7.71. The van der Waals surface area contributed by atoms with Crippen molar-refractivity contribution in [2.45, 2.75) is 57.1 Å². The maximum Gasteiger partial charge on any atom is 0.264 e. The molecule has 0 spiro atoms. The van der Waals surface area contributed by atoms with Crippen LogP contribution in [0.3, 0.4) is 0 Å². The summed E-state index contributed by atoms with van der Waals surface area (Å²) in [4.78, 5) is 29.8. The van der Waals surface area contributed by atoms with Crippen LogP contribution in [0.1, 0.15) is 37.0 Å². The minimum absolute atomic E-state index is 0.0343. The number of rotatable bonds is 13. The van der Waals surface area contributed by atoms with E-state index in [0.717, 1.165) is 15.4 Å². The summed E-state index contributed by atoms with van der Waals surface area (Å²) in [5.41, 5.74) is 2.59. The Morgan fingerprint density at radius 1 is 0.848 bits per heavy atom. The van der Waals surface area contributed by atoms with Gasteiger partial charge in [0.1, 0.15) is 12.6 Å². The van der Waals surface area contributed by atoms with Crippen molar-refractivity contribution in [1.82, 2.24) is 10.2 Å². The minimum Gasteiger partial charge on any atom is -0.352 e. The first kappa shape index (κ1) is 35.3. The Morgan fingerprint density at radius 3 is 2.09 bits per heavy atom. The number of anilines is 1. The third-order valence-electron chi connectivity index (χ3n) is 7.63. The molecule has 242 valence electrons. The lowest BCUT2D eigenvalue weighted by molar-refractivity contribution is -0.140. The quantitative estimate of drug-likeness (QED) is 0.155. The SMILES string of the molecule is CC[C@@H](C)NC(=O)[C@H](Cc1ccccc1)N(Cc1ccc(Cl)cc1Cl)C(=O)CN(c1ccc(C)cc1)S(=O)(=O)c1ccc(Cl)cc1. The van der Waals surface area contributed by atoms with Crippen LogP contribution in [-0.4, -0.2) is 43.8 Å². The van der Waals surface area contributed by atoms with Crippen molar-refractivity contribution in [3.8, 4) is 0 Å². The molecule has 0 aliphatic rings. The topological polar surface area (TPSA) is 86.8 Å². The van der Waals surface area contributed by atoms with Gasteiger partial charge < -0.3 is 10.2 Å². The number of hydrogen-bond acceptors (Lipinski definition) is 4. The molecule has 0 heterocycles. The van der Waals surface area contributed by atoms with Crippen molar-refractivity contribution in [3.05, 3.63) is 129 Å². The second kappa shape index (κ2) is 15.8. The Hall–Kier alpha value is -3.56. The first-order valence-electron chi connectivity index (χ1n) is 14.8. The number of carbonyl (C=O) groups excluding carboxylic acids is 2. The van der Waals surface area contributed by atoms with Gasteiger partial charge in [-0.2, -0.15) is 0 Å². The van der Waals surface area contributed by atoms with Crippen molar-refractivity contribution < 1.29 is 18.0 Å². The zero-order valence-electron chi connectivity index (χ0n) is 25.8. The van der Waals surface area contributed by atoms with Crippen LogP contribution >= 0.6 is 34.8 Å². The van der Waals surface area contributed by atoms with Crippen molar-refractivity contribution in [3.63, 3.8) is 0 Å². The van der Waals surface area contributed by atoms with Crippen LogP contribution in [0.25, 0.3) is 0 Å². The van der Waals surface area contributed by atoms with Crippen LogP contribution in [0.5, 0.6) is 0 Å². The van der Waals surface area contributed by atoms with E-state index in [1.165, 1.54) is 29.2 Å². The van der Waals surface area contributed by atoms with Gasteiger partial charge in [0, 0.05) is 34.1 Å². The highest BCUT2D eigenvalue weighted by Gasteiger charge is 2.35. The number of carbonyl (C=O) groups is 2. The number of amides is 2. The fourth-order valence-corrected chi connectivity index (χ4v) is 6.81. The summed E-state index contributed by atoms with van der Waals surface area (Å²) in [7, 11) is -4.24. The number of hydrogen-bond donors (Lipinski definition) is 1. The number of sulfonamides is 1. The van der Waals surface area contributed by atoms with Crippen molar-refractivity contribution in [1.29, 1.82) is 0 Å². The van der Waals surface area contributed by atoms with Crippen LogP contribution in [0.15, 0.2) is 102 Å². The highest BCUT2D eigenvalue weighted by atomic mass is 35.5. The second-order valence-electron chi connectivity index (χ2n) is 11.1. The highest BCUT2D eigenvalue weighted by Crippen LogP contribution is 2.28.